The third kappa shape index (κ3) is 3.17. The maximum absolute atomic E-state index is 12.3. The van der Waals surface area contributed by atoms with Crippen molar-refractivity contribution < 1.29 is 14.3 Å². The summed E-state index contributed by atoms with van der Waals surface area (Å²) in [6.07, 6.45) is -0.750. The zero-order valence-electron chi connectivity index (χ0n) is 15.9. The van der Waals surface area contributed by atoms with E-state index in [0.717, 1.165) is 21.7 Å². The lowest BCUT2D eigenvalue weighted by Gasteiger charge is -2.11. The molecular weight excluding hydrogens is 360 g/mol. The Balaban J connectivity index is 1.54. The van der Waals surface area contributed by atoms with Crippen molar-refractivity contribution in [2.75, 3.05) is 0 Å². The minimum Gasteiger partial charge on any atom is -0.395 e. The molecule has 0 aliphatic rings. The summed E-state index contributed by atoms with van der Waals surface area (Å²) in [5.41, 5.74) is 1.10. The SMILES string of the molecule is Cc1ccc(OC(=O)Oc2cccc3c2ccc2c4ccccc4ccc32)cc1. The largest absolute Gasteiger partial charge is 0.519 e. The van der Waals surface area contributed by atoms with E-state index >= 15 is 0 Å². The molecule has 0 saturated heterocycles. The molecule has 29 heavy (non-hydrogen) atoms. The van der Waals surface area contributed by atoms with Crippen LogP contribution < -0.4 is 9.47 Å². The average molecular weight is 378 g/mol. The molecule has 5 aromatic carbocycles. The van der Waals surface area contributed by atoms with Crippen LogP contribution in [0.4, 0.5) is 4.79 Å². The summed E-state index contributed by atoms with van der Waals surface area (Å²) in [5.74, 6) is 0.937. The minimum absolute atomic E-state index is 0.456. The van der Waals surface area contributed by atoms with E-state index in [1.54, 1.807) is 18.2 Å². The van der Waals surface area contributed by atoms with Crippen molar-refractivity contribution >= 4 is 38.5 Å². The molecule has 0 amide bonds. The molecule has 0 aliphatic carbocycles. The molecule has 140 valence electrons. The molecule has 0 atom stereocenters. The summed E-state index contributed by atoms with van der Waals surface area (Å²) in [4.78, 5) is 12.3. The molecule has 0 spiro atoms. The van der Waals surface area contributed by atoms with Gasteiger partial charge in [-0.25, -0.2) is 4.79 Å². The second-order valence-corrected chi connectivity index (χ2v) is 7.07. The van der Waals surface area contributed by atoms with Gasteiger partial charge >= 0.3 is 6.16 Å². The topological polar surface area (TPSA) is 35.5 Å². The molecule has 5 aromatic rings. The molecule has 0 radical (unpaired) electrons. The molecule has 3 heteroatoms. The van der Waals surface area contributed by atoms with Gasteiger partial charge in [-0.1, -0.05) is 72.3 Å². The van der Waals surface area contributed by atoms with E-state index in [1.807, 2.05) is 49.4 Å². The Bertz CT molecular complexity index is 1370. The van der Waals surface area contributed by atoms with Gasteiger partial charge in [-0.3, -0.25) is 0 Å². The molecular formula is C26H18O3. The molecule has 0 unspecified atom stereocenters. The van der Waals surface area contributed by atoms with Crippen LogP contribution in [0.2, 0.25) is 0 Å². The van der Waals surface area contributed by atoms with Gasteiger partial charge in [0, 0.05) is 5.39 Å². The van der Waals surface area contributed by atoms with Crippen molar-refractivity contribution in [3.63, 3.8) is 0 Å². The van der Waals surface area contributed by atoms with Gasteiger partial charge in [0.25, 0.3) is 0 Å². The highest BCUT2D eigenvalue weighted by Gasteiger charge is 2.12. The number of carbonyl (C=O) groups is 1. The normalized spacial score (nSPS) is 11.1. The van der Waals surface area contributed by atoms with E-state index in [4.69, 9.17) is 9.47 Å². The van der Waals surface area contributed by atoms with Crippen molar-refractivity contribution in [1.29, 1.82) is 0 Å². The van der Waals surface area contributed by atoms with E-state index in [1.165, 1.54) is 16.2 Å². The van der Waals surface area contributed by atoms with Crippen LogP contribution in [-0.2, 0) is 0 Å². The van der Waals surface area contributed by atoms with Gasteiger partial charge in [-0.2, -0.15) is 0 Å². The van der Waals surface area contributed by atoms with Crippen molar-refractivity contribution in [2.24, 2.45) is 0 Å². The molecule has 0 fully saturated rings. The Morgan fingerprint density at radius 1 is 0.586 bits per heavy atom. The lowest BCUT2D eigenvalue weighted by Crippen LogP contribution is -2.13. The second-order valence-electron chi connectivity index (χ2n) is 7.07. The molecule has 0 aromatic heterocycles. The molecule has 3 nitrogen and oxygen atoms in total. The van der Waals surface area contributed by atoms with Gasteiger partial charge in [0.05, 0.1) is 0 Å². The summed E-state index contributed by atoms with van der Waals surface area (Å²) in [7, 11) is 0. The lowest BCUT2D eigenvalue weighted by molar-refractivity contribution is 0.152. The van der Waals surface area contributed by atoms with Crippen molar-refractivity contribution in [3.8, 4) is 11.5 Å². The quantitative estimate of drug-likeness (QED) is 0.188. The molecule has 5 rings (SSSR count). The van der Waals surface area contributed by atoms with Crippen LogP contribution in [0.1, 0.15) is 5.56 Å². The first kappa shape index (κ1) is 17.3. The fourth-order valence-electron chi connectivity index (χ4n) is 3.73. The van der Waals surface area contributed by atoms with Crippen LogP contribution in [0, 0.1) is 6.92 Å². The second kappa shape index (κ2) is 6.95. The summed E-state index contributed by atoms with van der Waals surface area (Å²) < 4.78 is 10.8. The van der Waals surface area contributed by atoms with E-state index in [2.05, 4.69) is 30.3 Å². The molecule has 0 saturated carbocycles. The third-order valence-electron chi connectivity index (χ3n) is 5.16. The van der Waals surface area contributed by atoms with Crippen molar-refractivity contribution in [3.05, 3.63) is 96.6 Å². The van der Waals surface area contributed by atoms with Crippen molar-refractivity contribution in [2.45, 2.75) is 6.92 Å². The van der Waals surface area contributed by atoms with Gasteiger partial charge in [-0.05, 0) is 58.1 Å². The Labute approximate surface area is 168 Å². The van der Waals surface area contributed by atoms with Gasteiger partial charge in [0.2, 0.25) is 0 Å². The van der Waals surface area contributed by atoms with E-state index in [9.17, 15) is 4.79 Å². The van der Waals surface area contributed by atoms with Crippen LogP contribution in [-0.4, -0.2) is 6.16 Å². The predicted octanol–water partition coefficient (Wildman–Crippen LogP) is 7.03. The maximum Gasteiger partial charge on any atom is 0.519 e. The number of carbonyl (C=O) groups excluding carboxylic acids is 1. The number of benzene rings is 5. The molecule has 0 bridgehead atoms. The Hall–Kier alpha value is -3.85. The first-order chi connectivity index (χ1) is 14.2. The Morgan fingerprint density at radius 3 is 2.10 bits per heavy atom. The first-order valence-electron chi connectivity index (χ1n) is 9.48. The fourth-order valence-corrected chi connectivity index (χ4v) is 3.73. The number of fused-ring (bicyclic) bond motifs is 5. The summed E-state index contributed by atoms with van der Waals surface area (Å²) in [6, 6.07) is 29.6. The highest BCUT2D eigenvalue weighted by molar-refractivity contribution is 6.18. The maximum atomic E-state index is 12.3. The molecule has 0 N–H and O–H groups in total. The number of hydrogen-bond acceptors (Lipinski definition) is 3. The zero-order valence-corrected chi connectivity index (χ0v) is 15.9. The van der Waals surface area contributed by atoms with Gasteiger partial charge in [0.15, 0.2) is 0 Å². The Morgan fingerprint density at radius 2 is 1.24 bits per heavy atom. The lowest BCUT2D eigenvalue weighted by atomic mass is 9.97. The predicted molar refractivity (Wildman–Crippen MR) is 117 cm³/mol. The number of rotatable bonds is 2. The summed E-state index contributed by atoms with van der Waals surface area (Å²) in [5, 5.41) is 6.61. The number of aryl methyl sites for hydroxylation is 1. The first-order valence-corrected chi connectivity index (χ1v) is 9.48. The van der Waals surface area contributed by atoms with Gasteiger partial charge < -0.3 is 9.47 Å². The van der Waals surface area contributed by atoms with Crippen LogP contribution in [0.3, 0.4) is 0 Å². The van der Waals surface area contributed by atoms with E-state index < -0.39 is 6.16 Å². The third-order valence-corrected chi connectivity index (χ3v) is 5.16. The monoisotopic (exact) mass is 378 g/mol. The Kier molecular flexibility index (Phi) is 4.14. The zero-order chi connectivity index (χ0) is 19.8. The van der Waals surface area contributed by atoms with Crippen LogP contribution in [0.25, 0.3) is 32.3 Å². The van der Waals surface area contributed by atoms with Crippen LogP contribution in [0.5, 0.6) is 11.5 Å². The summed E-state index contributed by atoms with van der Waals surface area (Å²) in [6.45, 7) is 1.98. The fraction of sp³-hybridized carbons (Fsp3) is 0.0385. The number of hydrogen-bond donors (Lipinski definition) is 0. The van der Waals surface area contributed by atoms with Gasteiger partial charge in [0.1, 0.15) is 11.5 Å². The average Bonchev–Trinajstić information content (AvgIpc) is 2.75. The van der Waals surface area contributed by atoms with Crippen LogP contribution in [0.15, 0.2) is 91.0 Å². The van der Waals surface area contributed by atoms with E-state index in [-0.39, 0.29) is 0 Å². The minimum atomic E-state index is -0.750. The molecule has 0 aliphatic heterocycles. The van der Waals surface area contributed by atoms with Gasteiger partial charge in [-0.15, -0.1) is 0 Å². The van der Waals surface area contributed by atoms with Crippen LogP contribution >= 0.6 is 0 Å². The highest BCUT2D eigenvalue weighted by atomic mass is 16.7. The number of ether oxygens (including phenoxy) is 2. The van der Waals surface area contributed by atoms with Crippen molar-refractivity contribution in [1.82, 2.24) is 0 Å². The molecule has 0 heterocycles. The standard InChI is InChI=1S/C26H18O3/c1-17-9-12-19(13-10-17)28-26(27)29-25-8-4-7-21-23-14-11-18-5-2-3-6-20(18)22(23)15-16-24(21)25/h2-16H,1H3. The van der Waals surface area contributed by atoms with E-state index in [0.29, 0.717) is 11.5 Å². The smallest absolute Gasteiger partial charge is 0.395 e. The highest BCUT2D eigenvalue weighted by Crippen LogP contribution is 2.35. The summed E-state index contributed by atoms with van der Waals surface area (Å²) >= 11 is 0.